The number of hydrogen-bond donors (Lipinski definition) is 1. The van der Waals surface area contributed by atoms with Crippen molar-refractivity contribution in [3.63, 3.8) is 0 Å². The van der Waals surface area contributed by atoms with Crippen molar-refractivity contribution >= 4 is 17.1 Å². The van der Waals surface area contributed by atoms with E-state index in [2.05, 4.69) is 10.5 Å². The van der Waals surface area contributed by atoms with Crippen LogP contribution in [0.5, 0.6) is 0 Å². The normalized spacial score (nSPS) is 6.30. The number of carbonyl (C=O) groups is 1. The molecule has 2 N–H and O–H groups in total. The van der Waals surface area contributed by atoms with Crippen molar-refractivity contribution in [2.45, 2.75) is 6.92 Å². The SMILES string of the molecule is CCOC(N)=O.FOF.[SiH4]. The third kappa shape index (κ3) is 54.6. The molecule has 7 heteroatoms. The third-order valence-electron chi connectivity index (χ3n) is 0.287. The van der Waals surface area contributed by atoms with Crippen molar-refractivity contribution in [1.82, 2.24) is 0 Å². The molecule has 0 saturated heterocycles. The molecule has 1 amide bonds. The Morgan fingerprint density at radius 2 is 1.90 bits per heavy atom. The van der Waals surface area contributed by atoms with Crippen LogP contribution >= 0.6 is 0 Å². The quantitative estimate of drug-likeness (QED) is 0.542. The number of hydrogen-bond acceptors (Lipinski definition) is 3. The molecule has 64 valence electrons. The lowest BCUT2D eigenvalue weighted by Gasteiger charge is -1.89. The van der Waals surface area contributed by atoms with Crippen molar-refractivity contribution in [3.05, 3.63) is 0 Å². The first-order chi connectivity index (χ1) is 4.18. The molecule has 0 radical (unpaired) electrons. The van der Waals surface area contributed by atoms with Crippen molar-refractivity contribution in [1.29, 1.82) is 0 Å². The number of carbonyl (C=O) groups excluding carboxylic acids is 1. The third-order valence-corrected chi connectivity index (χ3v) is 0.287. The molecule has 0 aliphatic heterocycles. The highest BCUT2D eigenvalue weighted by molar-refractivity contribution is 5.75. The fourth-order valence-corrected chi connectivity index (χ4v) is 0.142. The molecule has 0 aliphatic carbocycles. The fraction of sp³-hybridized carbons (Fsp3) is 0.667. The molecule has 0 heterocycles. The Balaban J connectivity index is -0.000000107. The summed E-state index contributed by atoms with van der Waals surface area (Å²) in [4.78, 5) is 9.60. The summed E-state index contributed by atoms with van der Waals surface area (Å²) in [5.74, 6) is 0. The van der Waals surface area contributed by atoms with Gasteiger partial charge in [0.25, 0.3) is 0 Å². The van der Waals surface area contributed by atoms with Gasteiger partial charge in [0.05, 0.1) is 6.61 Å². The number of halogens is 2. The second kappa shape index (κ2) is 15.7. The van der Waals surface area contributed by atoms with Gasteiger partial charge in [-0.3, -0.25) is 0 Å². The van der Waals surface area contributed by atoms with E-state index >= 15 is 0 Å². The lowest BCUT2D eigenvalue weighted by molar-refractivity contribution is -0.317. The smallest absolute Gasteiger partial charge is 0.404 e. The van der Waals surface area contributed by atoms with Gasteiger partial charge in [0.15, 0.2) is 0 Å². The molecule has 0 aliphatic rings. The number of ether oxygens (including phenoxy) is 1. The minimum absolute atomic E-state index is 0. The van der Waals surface area contributed by atoms with Gasteiger partial charge < -0.3 is 10.5 Å². The molecule has 0 aromatic rings. The van der Waals surface area contributed by atoms with Gasteiger partial charge in [-0.2, -0.15) is 0 Å². The van der Waals surface area contributed by atoms with Gasteiger partial charge in [0.1, 0.15) is 0 Å². The maximum absolute atomic E-state index is 9.60. The highest BCUT2D eigenvalue weighted by Crippen LogP contribution is 1.66. The Hall–Kier alpha value is -0.693. The predicted molar refractivity (Wildman–Crippen MR) is 35.8 cm³/mol. The lowest BCUT2D eigenvalue weighted by atomic mass is 10.9. The number of nitrogens with two attached hydrogens (primary N) is 1. The van der Waals surface area contributed by atoms with Gasteiger partial charge in [-0.15, -0.1) is 0 Å². The summed E-state index contributed by atoms with van der Waals surface area (Å²) < 4.78 is 22.4. The predicted octanol–water partition coefficient (Wildman–Crippen LogP) is -0.578. The zero-order chi connectivity index (χ0) is 7.70. The van der Waals surface area contributed by atoms with Crippen LogP contribution in [0.15, 0.2) is 0 Å². The molecular formula is C3H11F2NO3Si. The van der Waals surface area contributed by atoms with Crippen LogP contribution in [0.1, 0.15) is 6.92 Å². The van der Waals surface area contributed by atoms with E-state index in [0.717, 1.165) is 0 Å². The number of amides is 1. The molecule has 0 aromatic heterocycles. The number of rotatable bonds is 1. The van der Waals surface area contributed by atoms with Crippen molar-refractivity contribution in [3.8, 4) is 0 Å². The van der Waals surface area contributed by atoms with Crippen molar-refractivity contribution in [2.75, 3.05) is 6.61 Å². The van der Waals surface area contributed by atoms with Gasteiger partial charge in [-0.25, -0.2) is 4.79 Å². The molecule has 0 rings (SSSR count). The van der Waals surface area contributed by atoms with Crippen molar-refractivity contribution < 1.29 is 23.7 Å². The second-order valence-corrected chi connectivity index (χ2v) is 0.810. The van der Waals surface area contributed by atoms with Gasteiger partial charge in [0.2, 0.25) is 0 Å². The highest BCUT2D eigenvalue weighted by atomic mass is 28.1. The van der Waals surface area contributed by atoms with E-state index in [9.17, 15) is 4.79 Å². The Morgan fingerprint density at radius 3 is 1.90 bits per heavy atom. The molecule has 0 unspecified atom stereocenters. The van der Waals surface area contributed by atoms with Crippen LogP contribution in [0.3, 0.4) is 0 Å². The van der Waals surface area contributed by atoms with E-state index in [-0.39, 0.29) is 11.0 Å². The minimum Gasteiger partial charge on any atom is -0.450 e. The Kier molecular flexibility index (Phi) is 25.4. The Bertz CT molecular complexity index is 74.8. The fourth-order valence-electron chi connectivity index (χ4n) is 0.142. The highest BCUT2D eigenvalue weighted by Gasteiger charge is 1.82. The first kappa shape index (κ1) is 16.1. The van der Waals surface area contributed by atoms with Crippen molar-refractivity contribution in [2.24, 2.45) is 5.73 Å². The standard InChI is InChI=1S/C3H7NO2.F2O.H4Si/c1-2-6-3(4)5;1-3-2;/h2H2,1H3,(H2,4,5);;1H4. The van der Waals surface area contributed by atoms with Gasteiger partial charge in [-0.05, 0) is 26.9 Å². The van der Waals surface area contributed by atoms with E-state index in [1.807, 2.05) is 0 Å². The van der Waals surface area contributed by atoms with Crippen LogP contribution in [-0.2, 0) is 9.88 Å². The average Bonchev–Trinajstić information content (AvgIpc) is 1.67. The Labute approximate surface area is 61.1 Å². The summed E-state index contributed by atoms with van der Waals surface area (Å²) >= 11 is 0. The van der Waals surface area contributed by atoms with Gasteiger partial charge in [0, 0.05) is 5.15 Å². The molecule has 0 bridgehead atoms. The van der Waals surface area contributed by atoms with Crippen LogP contribution < -0.4 is 5.73 Å². The maximum Gasteiger partial charge on any atom is 0.404 e. The molecule has 4 nitrogen and oxygen atoms in total. The molecule has 0 atom stereocenters. The minimum atomic E-state index is -0.711. The Morgan fingerprint density at radius 1 is 1.60 bits per heavy atom. The number of primary amides is 1. The molecule has 10 heavy (non-hydrogen) atoms. The summed E-state index contributed by atoms with van der Waals surface area (Å²) in [6.07, 6.45) is -0.711. The summed E-state index contributed by atoms with van der Waals surface area (Å²) in [6, 6.07) is 0. The molecule has 0 aromatic carbocycles. The van der Waals surface area contributed by atoms with Crippen LogP contribution in [0.4, 0.5) is 13.8 Å². The molecule has 0 saturated carbocycles. The van der Waals surface area contributed by atoms with Crippen LogP contribution in [0.2, 0.25) is 0 Å². The van der Waals surface area contributed by atoms with Gasteiger partial charge >= 0.3 is 6.09 Å². The summed E-state index contributed by atoms with van der Waals surface area (Å²) in [7, 11) is 0. The average molecular weight is 175 g/mol. The first-order valence-electron chi connectivity index (χ1n) is 2.00. The second-order valence-electron chi connectivity index (χ2n) is 0.810. The summed E-state index contributed by atoms with van der Waals surface area (Å²) in [5.41, 5.74) is 4.54. The van der Waals surface area contributed by atoms with E-state index in [1.165, 1.54) is 5.15 Å². The van der Waals surface area contributed by atoms with E-state index in [0.29, 0.717) is 6.61 Å². The van der Waals surface area contributed by atoms with E-state index < -0.39 is 6.09 Å². The van der Waals surface area contributed by atoms with Gasteiger partial charge in [-0.1, -0.05) is 0 Å². The molecular weight excluding hydrogens is 164 g/mol. The first-order valence-corrected chi connectivity index (χ1v) is 2.00. The lowest BCUT2D eigenvalue weighted by Crippen LogP contribution is -2.11. The summed E-state index contributed by atoms with van der Waals surface area (Å²) in [5, 5.41) is 1.25. The topological polar surface area (TPSA) is 61.5 Å². The summed E-state index contributed by atoms with van der Waals surface area (Å²) in [6.45, 7) is 2.06. The molecule has 0 fully saturated rings. The largest absolute Gasteiger partial charge is 0.450 e. The van der Waals surface area contributed by atoms with E-state index in [1.54, 1.807) is 6.92 Å². The van der Waals surface area contributed by atoms with Crippen LogP contribution in [-0.4, -0.2) is 23.7 Å². The van der Waals surface area contributed by atoms with Crippen LogP contribution in [0.25, 0.3) is 0 Å². The van der Waals surface area contributed by atoms with E-state index in [4.69, 9.17) is 9.05 Å². The zero-order valence-electron chi connectivity index (χ0n) is 4.77. The monoisotopic (exact) mass is 175 g/mol. The van der Waals surface area contributed by atoms with Crippen LogP contribution in [0, 0.1) is 0 Å². The maximum atomic E-state index is 9.60. The zero-order valence-corrected chi connectivity index (χ0v) is 4.77. The molecule has 0 spiro atoms.